The average Bonchev–Trinajstić information content (AvgIpc) is 3.01. The lowest BCUT2D eigenvalue weighted by molar-refractivity contribution is 0.0189. The van der Waals surface area contributed by atoms with E-state index < -0.39 is 5.60 Å². The standard InChI is InChI=1S/C20H23BrN4O3/c1-20(2,3)28-19(27)23-9-6-14(7-10-23)24-11-8-17(26)25-18(24)15-12-13(21)4-5-16(15)22-25/h4-5,8,11-12,14H,6-7,9-10H2,1-3H3. The maximum atomic E-state index is 12.3. The predicted molar refractivity (Wildman–Crippen MR) is 111 cm³/mol. The third-order valence-electron chi connectivity index (χ3n) is 4.95. The molecule has 1 amide bonds. The number of hydrogen-bond acceptors (Lipinski definition) is 4. The van der Waals surface area contributed by atoms with Gasteiger partial charge in [0.25, 0.3) is 5.56 Å². The van der Waals surface area contributed by atoms with Crippen LogP contribution in [0.3, 0.4) is 0 Å². The van der Waals surface area contributed by atoms with Crippen LogP contribution in [-0.2, 0) is 4.74 Å². The molecule has 0 bridgehead atoms. The van der Waals surface area contributed by atoms with Crippen molar-refractivity contribution in [2.45, 2.75) is 45.3 Å². The number of halogens is 1. The lowest BCUT2D eigenvalue weighted by Gasteiger charge is -2.34. The Morgan fingerprint density at radius 3 is 2.61 bits per heavy atom. The van der Waals surface area contributed by atoms with Gasteiger partial charge in [-0.2, -0.15) is 9.61 Å². The van der Waals surface area contributed by atoms with E-state index in [2.05, 4.69) is 25.6 Å². The Kier molecular flexibility index (Phi) is 4.69. The minimum absolute atomic E-state index is 0.148. The molecule has 7 nitrogen and oxygen atoms in total. The zero-order chi connectivity index (χ0) is 20.1. The molecule has 2 aromatic heterocycles. The molecule has 0 unspecified atom stereocenters. The van der Waals surface area contributed by atoms with Crippen LogP contribution in [0, 0.1) is 0 Å². The lowest BCUT2D eigenvalue weighted by Crippen LogP contribution is -2.42. The number of piperidine rings is 1. The topological polar surface area (TPSA) is 68.8 Å². The van der Waals surface area contributed by atoms with Gasteiger partial charge in [-0.25, -0.2) is 4.79 Å². The smallest absolute Gasteiger partial charge is 0.410 e. The fraction of sp³-hybridized carbons (Fsp3) is 0.450. The van der Waals surface area contributed by atoms with Crippen molar-refractivity contribution < 1.29 is 9.53 Å². The highest BCUT2D eigenvalue weighted by molar-refractivity contribution is 9.10. The van der Waals surface area contributed by atoms with Crippen molar-refractivity contribution in [1.29, 1.82) is 0 Å². The maximum absolute atomic E-state index is 12.3. The van der Waals surface area contributed by atoms with E-state index in [0.29, 0.717) is 13.1 Å². The molecule has 148 valence electrons. The quantitative estimate of drug-likeness (QED) is 0.566. The van der Waals surface area contributed by atoms with E-state index in [0.717, 1.165) is 33.9 Å². The molecular weight excluding hydrogens is 424 g/mol. The van der Waals surface area contributed by atoms with Gasteiger partial charge in [-0.3, -0.25) is 4.79 Å². The van der Waals surface area contributed by atoms with Crippen LogP contribution in [0.4, 0.5) is 4.79 Å². The number of aromatic nitrogens is 3. The first kappa shape index (κ1) is 19.0. The Hall–Kier alpha value is -2.35. The summed E-state index contributed by atoms with van der Waals surface area (Å²) in [4.78, 5) is 26.4. The van der Waals surface area contributed by atoms with Crippen LogP contribution >= 0.6 is 15.9 Å². The van der Waals surface area contributed by atoms with E-state index in [4.69, 9.17) is 4.74 Å². The molecule has 1 aromatic carbocycles. The first-order valence-electron chi connectivity index (χ1n) is 9.40. The molecule has 0 aliphatic carbocycles. The number of fused-ring (bicyclic) bond motifs is 3. The summed E-state index contributed by atoms with van der Waals surface area (Å²) >= 11 is 3.51. The van der Waals surface area contributed by atoms with E-state index >= 15 is 0 Å². The van der Waals surface area contributed by atoms with E-state index in [1.54, 1.807) is 11.0 Å². The SMILES string of the molecule is CC(C)(C)OC(=O)N1CCC(n2ccc(=O)n3nc4ccc(Br)cc4c23)CC1. The molecule has 0 atom stereocenters. The van der Waals surface area contributed by atoms with Gasteiger partial charge in [0, 0.05) is 41.3 Å². The Morgan fingerprint density at radius 2 is 1.93 bits per heavy atom. The van der Waals surface area contributed by atoms with Gasteiger partial charge in [-0.05, 0) is 51.8 Å². The summed E-state index contributed by atoms with van der Waals surface area (Å²) in [6.45, 7) is 6.86. The number of carbonyl (C=O) groups excluding carboxylic acids is 1. The Labute approximate surface area is 171 Å². The van der Waals surface area contributed by atoms with Crippen molar-refractivity contribution in [3.63, 3.8) is 0 Å². The van der Waals surface area contributed by atoms with Gasteiger partial charge in [0.05, 0.1) is 5.52 Å². The van der Waals surface area contributed by atoms with Gasteiger partial charge >= 0.3 is 6.09 Å². The van der Waals surface area contributed by atoms with Gasteiger partial charge in [0.2, 0.25) is 0 Å². The van der Waals surface area contributed by atoms with Crippen molar-refractivity contribution >= 4 is 38.6 Å². The van der Waals surface area contributed by atoms with Gasteiger partial charge in [0.1, 0.15) is 11.2 Å². The first-order chi connectivity index (χ1) is 13.2. The number of ether oxygens (including phenoxy) is 1. The summed E-state index contributed by atoms with van der Waals surface area (Å²) in [5.74, 6) is 0. The fourth-order valence-corrected chi connectivity index (χ4v) is 4.04. The normalized spacial score (nSPS) is 16.1. The molecule has 4 rings (SSSR count). The second-order valence-corrected chi connectivity index (χ2v) is 9.07. The number of nitrogens with zero attached hydrogens (tertiary/aromatic N) is 4. The summed E-state index contributed by atoms with van der Waals surface area (Å²) in [5.41, 5.74) is 0.929. The molecule has 1 fully saturated rings. The summed E-state index contributed by atoms with van der Waals surface area (Å²) in [7, 11) is 0. The van der Waals surface area contributed by atoms with Crippen molar-refractivity contribution in [3.05, 3.63) is 45.3 Å². The third kappa shape index (κ3) is 3.53. The highest BCUT2D eigenvalue weighted by Crippen LogP contribution is 2.29. The fourth-order valence-electron chi connectivity index (χ4n) is 3.68. The summed E-state index contributed by atoms with van der Waals surface area (Å²) in [6.07, 6.45) is 3.15. The average molecular weight is 447 g/mol. The number of carbonyl (C=O) groups is 1. The van der Waals surface area contributed by atoms with Crippen LogP contribution < -0.4 is 5.56 Å². The second kappa shape index (κ2) is 6.92. The largest absolute Gasteiger partial charge is 0.444 e. The number of amides is 1. The lowest BCUT2D eigenvalue weighted by atomic mass is 10.0. The van der Waals surface area contributed by atoms with Crippen molar-refractivity contribution in [1.82, 2.24) is 19.1 Å². The Morgan fingerprint density at radius 1 is 1.21 bits per heavy atom. The van der Waals surface area contributed by atoms with Crippen LogP contribution in [0.15, 0.2) is 39.7 Å². The molecule has 1 aliphatic heterocycles. The molecule has 28 heavy (non-hydrogen) atoms. The van der Waals surface area contributed by atoms with E-state index in [1.165, 1.54) is 4.52 Å². The van der Waals surface area contributed by atoms with Gasteiger partial charge in [0.15, 0.2) is 0 Å². The van der Waals surface area contributed by atoms with E-state index in [1.807, 2.05) is 45.2 Å². The van der Waals surface area contributed by atoms with Crippen molar-refractivity contribution in [3.8, 4) is 0 Å². The van der Waals surface area contributed by atoms with Crippen LogP contribution in [0.1, 0.15) is 39.7 Å². The van der Waals surface area contributed by atoms with Crippen LogP contribution in [-0.4, -0.2) is 43.9 Å². The molecule has 0 N–H and O–H groups in total. The molecule has 0 spiro atoms. The molecule has 0 radical (unpaired) electrons. The first-order valence-corrected chi connectivity index (χ1v) is 10.2. The number of hydrogen-bond donors (Lipinski definition) is 0. The van der Waals surface area contributed by atoms with Crippen LogP contribution in [0.25, 0.3) is 16.6 Å². The monoisotopic (exact) mass is 446 g/mol. The van der Waals surface area contributed by atoms with Gasteiger partial charge in [-0.15, -0.1) is 0 Å². The minimum atomic E-state index is -0.497. The predicted octanol–water partition coefficient (Wildman–Crippen LogP) is 3.98. The molecule has 1 saturated heterocycles. The van der Waals surface area contributed by atoms with E-state index in [-0.39, 0.29) is 17.7 Å². The number of rotatable bonds is 1. The van der Waals surface area contributed by atoms with Crippen molar-refractivity contribution in [2.24, 2.45) is 0 Å². The molecule has 8 heteroatoms. The number of benzene rings is 1. The summed E-state index contributed by atoms with van der Waals surface area (Å²) < 4.78 is 10.0. The van der Waals surface area contributed by atoms with Crippen molar-refractivity contribution in [2.75, 3.05) is 13.1 Å². The maximum Gasteiger partial charge on any atom is 0.410 e. The molecule has 1 aliphatic rings. The minimum Gasteiger partial charge on any atom is -0.444 e. The summed E-state index contributed by atoms with van der Waals surface area (Å²) in [5, 5.41) is 5.40. The molecule has 0 saturated carbocycles. The third-order valence-corrected chi connectivity index (χ3v) is 5.44. The molecule has 3 aromatic rings. The van der Waals surface area contributed by atoms with Crippen LogP contribution in [0.2, 0.25) is 0 Å². The number of likely N-dealkylation sites (tertiary alicyclic amines) is 1. The Bertz CT molecular complexity index is 1100. The van der Waals surface area contributed by atoms with E-state index in [9.17, 15) is 9.59 Å². The molecule has 3 heterocycles. The van der Waals surface area contributed by atoms with Crippen LogP contribution in [0.5, 0.6) is 0 Å². The highest BCUT2D eigenvalue weighted by atomic mass is 79.9. The van der Waals surface area contributed by atoms with Gasteiger partial charge < -0.3 is 14.2 Å². The zero-order valence-electron chi connectivity index (χ0n) is 16.2. The Balaban J connectivity index is 1.65. The summed E-state index contributed by atoms with van der Waals surface area (Å²) in [6, 6.07) is 7.54. The highest BCUT2D eigenvalue weighted by Gasteiger charge is 2.28. The molecular formula is C20H23BrN4O3. The van der Waals surface area contributed by atoms with Gasteiger partial charge in [-0.1, -0.05) is 15.9 Å². The zero-order valence-corrected chi connectivity index (χ0v) is 17.8. The second-order valence-electron chi connectivity index (χ2n) is 8.16.